The van der Waals surface area contributed by atoms with Crippen LogP contribution in [-0.4, -0.2) is 4.31 Å². The fourth-order valence-corrected chi connectivity index (χ4v) is 3.93. The van der Waals surface area contributed by atoms with E-state index < -0.39 is 0 Å². The van der Waals surface area contributed by atoms with Crippen molar-refractivity contribution in [1.29, 1.82) is 0 Å². The van der Waals surface area contributed by atoms with Crippen molar-refractivity contribution in [3.05, 3.63) is 183 Å². The van der Waals surface area contributed by atoms with Crippen molar-refractivity contribution in [3.63, 3.8) is 0 Å². The van der Waals surface area contributed by atoms with Gasteiger partial charge in [-0.05, 0) is 0 Å². The van der Waals surface area contributed by atoms with Crippen LogP contribution in [0, 0.1) is 13.8 Å². The minimum Gasteiger partial charge on any atom is -0.199 e. The van der Waals surface area contributed by atoms with Crippen molar-refractivity contribution in [2.75, 3.05) is 0 Å². The molecule has 0 aliphatic rings. The molecule has 1 heteroatoms. The van der Waals surface area contributed by atoms with E-state index in [4.69, 9.17) is 0 Å². The van der Waals surface area contributed by atoms with Gasteiger partial charge in [-0.3, -0.25) is 0 Å². The summed E-state index contributed by atoms with van der Waals surface area (Å²) in [5, 5.41) is 8.05. The summed E-state index contributed by atoms with van der Waals surface area (Å²) in [5.74, 6) is 0. The fourth-order valence-electron chi connectivity index (χ4n) is 3.93. The molecule has 0 atom stereocenters. The Bertz CT molecular complexity index is 1520. The summed E-state index contributed by atoms with van der Waals surface area (Å²) < 4.78 is 2.00. The molecule has 0 N–H and O–H groups in total. The molecular weight excluding hydrogens is 504 g/mol. The van der Waals surface area contributed by atoms with Crippen LogP contribution in [0.15, 0.2) is 158 Å². The minimum absolute atomic E-state index is 1.07. The van der Waals surface area contributed by atoms with Gasteiger partial charge in [-0.2, -0.15) is 66.8 Å². The largest absolute Gasteiger partial charge is 0.199 e. The summed E-state index contributed by atoms with van der Waals surface area (Å²) in [7, 11) is 0. The second kappa shape index (κ2) is 16.7. The Labute approximate surface area is 245 Å². The maximum absolute atomic E-state index is 3.72. The average Bonchev–Trinajstić information content (AvgIpc) is 3.60. The zero-order valence-corrected chi connectivity index (χ0v) is 24.1. The van der Waals surface area contributed by atoms with Gasteiger partial charge in [0, 0.05) is 0 Å². The third-order valence-corrected chi connectivity index (χ3v) is 5.76. The van der Waals surface area contributed by atoms with Crippen LogP contribution in [-0.2, 0) is 20.0 Å². The SMILES string of the molecule is C[CH]=[Ti].[CH2-]c1ccccc1.[CH2-]c1ccccc1.c1ccc2[cH-]ccc2c1.c1ccc2c(c1)[cH-]c1ccccc12. The van der Waals surface area contributed by atoms with Gasteiger partial charge >= 0.3 is 31.2 Å². The molecule has 7 aromatic rings. The Morgan fingerprint density at radius 3 is 1.31 bits per heavy atom. The van der Waals surface area contributed by atoms with Gasteiger partial charge in [0.05, 0.1) is 0 Å². The van der Waals surface area contributed by atoms with Gasteiger partial charge in [0.15, 0.2) is 0 Å². The number of rotatable bonds is 0. The van der Waals surface area contributed by atoms with Gasteiger partial charge in [-0.1, -0.05) is 54.6 Å². The van der Waals surface area contributed by atoms with Crippen LogP contribution in [0.25, 0.3) is 32.3 Å². The minimum atomic E-state index is 1.07. The molecule has 0 saturated heterocycles. The molecule has 39 heavy (non-hydrogen) atoms. The molecule has 0 aliphatic carbocycles. The van der Waals surface area contributed by atoms with Gasteiger partial charge in [0.2, 0.25) is 0 Å². The van der Waals surface area contributed by atoms with E-state index in [0.717, 1.165) is 11.1 Å². The van der Waals surface area contributed by atoms with E-state index in [0.29, 0.717) is 0 Å². The normalized spacial score (nSPS) is 9.44. The molecule has 0 unspecified atom stereocenters. The van der Waals surface area contributed by atoms with Gasteiger partial charge < -0.3 is 0 Å². The zero-order chi connectivity index (χ0) is 27.7. The Hall–Kier alpha value is -4.10. The first-order valence-electron chi connectivity index (χ1n) is 12.9. The Kier molecular flexibility index (Phi) is 12.6. The van der Waals surface area contributed by atoms with E-state index in [-0.39, 0.29) is 0 Å². The first kappa shape index (κ1) is 29.5. The maximum atomic E-state index is 3.72. The van der Waals surface area contributed by atoms with Crippen LogP contribution in [0.5, 0.6) is 0 Å². The molecule has 0 spiro atoms. The molecule has 0 bridgehead atoms. The molecular formula is C38H34Ti-4. The Morgan fingerprint density at radius 1 is 0.513 bits per heavy atom. The third-order valence-electron chi connectivity index (χ3n) is 5.76. The molecule has 0 saturated carbocycles. The van der Waals surface area contributed by atoms with Crippen molar-refractivity contribution in [2.24, 2.45) is 0 Å². The maximum Gasteiger partial charge on any atom is -0.0771 e. The quantitative estimate of drug-likeness (QED) is 0.133. The first-order chi connectivity index (χ1) is 19.1. The molecule has 0 aliphatic heterocycles. The summed E-state index contributed by atoms with van der Waals surface area (Å²) >= 11 is 2.00. The molecule has 0 fully saturated rings. The van der Waals surface area contributed by atoms with Gasteiger partial charge in [-0.25, -0.2) is 0 Å². The molecule has 0 radical (unpaired) electrons. The summed E-state index contributed by atoms with van der Waals surface area (Å²) in [5.41, 5.74) is 2.14. The van der Waals surface area contributed by atoms with Crippen LogP contribution in [0.2, 0.25) is 0 Å². The topological polar surface area (TPSA) is 0 Å². The standard InChI is InChI=1S/C13H9.C9H7.2C7H7.C2H4.Ti/c1-3-7-12-10(5-1)9-11-6-2-4-8-13(11)12;1-2-5-9-7-3-6-8(9)4-1;2*1-7-5-3-2-4-6-7;1-2;/h1-9H;1-7H;2*2-6H,1H2;1H,2H3;/q4*-1;;. The molecule has 0 heterocycles. The van der Waals surface area contributed by atoms with Crippen LogP contribution >= 0.6 is 0 Å². The predicted octanol–water partition coefficient (Wildman–Crippen LogP) is 10.4. The summed E-state index contributed by atoms with van der Waals surface area (Å²) in [6.45, 7) is 9.44. The molecule has 0 amide bonds. The number of benzene rings is 5. The molecule has 7 rings (SSSR count). The van der Waals surface area contributed by atoms with Crippen LogP contribution in [0.4, 0.5) is 0 Å². The van der Waals surface area contributed by atoms with Crippen molar-refractivity contribution in [3.8, 4) is 0 Å². The summed E-state index contributed by atoms with van der Waals surface area (Å²) in [6, 6.07) is 53.7. The monoisotopic (exact) mass is 538 g/mol. The second-order valence-corrected chi connectivity index (χ2v) is 9.63. The van der Waals surface area contributed by atoms with Crippen molar-refractivity contribution in [1.82, 2.24) is 0 Å². The van der Waals surface area contributed by atoms with E-state index in [2.05, 4.69) is 111 Å². The van der Waals surface area contributed by atoms with Crippen molar-refractivity contribution in [2.45, 2.75) is 6.92 Å². The average molecular weight is 539 g/mol. The van der Waals surface area contributed by atoms with Crippen LogP contribution in [0.1, 0.15) is 18.1 Å². The second-order valence-electron chi connectivity index (χ2n) is 8.73. The number of hydrogen-bond acceptors (Lipinski definition) is 0. The molecule has 7 aromatic carbocycles. The van der Waals surface area contributed by atoms with Gasteiger partial charge in [0.25, 0.3) is 0 Å². The van der Waals surface area contributed by atoms with Gasteiger partial charge in [-0.15, -0.1) is 93.7 Å². The summed E-state index contributed by atoms with van der Waals surface area (Å²) in [6.07, 6.45) is 0. The van der Waals surface area contributed by atoms with E-state index in [9.17, 15) is 0 Å². The summed E-state index contributed by atoms with van der Waals surface area (Å²) in [4.78, 5) is 0. The van der Waals surface area contributed by atoms with E-state index >= 15 is 0 Å². The molecule has 0 nitrogen and oxygen atoms in total. The molecule has 0 aromatic heterocycles. The smallest absolute Gasteiger partial charge is 0.0771 e. The third kappa shape index (κ3) is 9.95. The Balaban J connectivity index is 0.000000144. The molecule has 194 valence electrons. The zero-order valence-electron chi connectivity index (χ0n) is 22.5. The van der Waals surface area contributed by atoms with Crippen LogP contribution < -0.4 is 0 Å². The Morgan fingerprint density at radius 2 is 0.897 bits per heavy atom. The van der Waals surface area contributed by atoms with E-state index in [1.165, 1.54) is 32.3 Å². The van der Waals surface area contributed by atoms with E-state index in [1.807, 2.05) is 91.9 Å². The van der Waals surface area contributed by atoms with Gasteiger partial charge in [0.1, 0.15) is 0 Å². The predicted molar refractivity (Wildman–Crippen MR) is 170 cm³/mol. The number of hydrogen-bond donors (Lipinski definition) is 0. The van der Waals surface area contributed by atoms with Crippen molar-refractivity contribution < 1.29 is 20.0 Å². The first-order valence-corrected chi connectivity index (χ1v) is 13.8. The van der Waals surface area contributed by atoms with E-state index in [1.54, 1.807) is 0 Å². The fraction of sp³-hybridized carbons (Fsp3) is 0.0263. The van der Waals surface area contributed by atoms with Crippen LogP contribution in [0.3, 0.4) is 0 Å². The number of fused-ring (bicyclic) bond motifs is 4. The van der Waals surface area contributed by atoms with Crippen molar-refractivity contribution >= 4 is 36.6 Å².